The number of thioether (sulfide) groups is 1. The number of primary amides is 1. The molecule has 0 aliphatic carbocycles. The molecule has 0 radical (unpaired) electrons. The van der Waals surface area contributed by atoms with Gasteiger partial charge in [0.05, 0.1) is 0 Å². The topological polar surface area (TPSA) is 83.7 Å². The molecule has 0 spiro atoms. The Morgan fingerprint density at radius 1 is 1.35 bits per heavy atom. The van der Waals surface area contributed by atoms with E-state index in [1.807, 2.05) is 11.8 Å². The number of nitrogens with zero attached hydrogens (tertiary/aromatic N) is 2. The van der Waals surface area contributed by atoms with Crippen LogP contribution in [0.15, 0.2) is 0 Å². The summed E-state index contributed by atoms with van der Waals surface area (Å²) in [6, 6.07) is -0.825. The van der Waals surface area contributed by atoms with Gasteiger partial charge in [-0.2, -0.15) is 11.8 Å². The molecule has 3 aliphatic rings. The Kier molecular flexibility index (Phi) is 3.40. The lowest BCUT2D eigenvalue weighted by molar-refractivity contribution is -0.146. The van der Waals surface area contributed by atoms with Crippen LogP contribution in [-0.4, -0.2) is 63.2 Å². The molecule has 3 fully saturated rings. The maximum atomic E-state index is 12.8. The summed E-state index contributed by atoms with van der Waals surface area (Å²) in [5.41, 5.74) is 5.43. The molecule has 6 nitrogen and oxygen atoms in total. The molecule has 110 valence electrons. The smallest absolute Gasteiger partial charge is 0.246 e. The molecule has 7 heteroatoms. The van der Waals surface area contributed by atoms with Crippen molar-refractivity contribution in [2.45, 2.75) is 49.6 Å². The SMILES string of the molecule is CC(=O)N1C[C@@H]2C[C@H]1C(=O)N1[C@@H](CC[C@H]1C(N)=O)CS2. The van der Waals surface area contributed by atoms with E-state index in [9.17, 15) is 14.4 Å². The minimum atomic E-state index is -0.501. The number of hydrogen-bond donors (Lipinski definition) is 1. The Labute approximate surface area is 122 Å². The highest BCUT2D eigenvalue weighted by Gasteiger charge is 2.49. The number of likely N-dealkylation sites (tertiary alicyclic amines) is 1. The van der Waals surface area contributed by atoms with E-state index in [4.69, 9.17) is 5.73 Å². The Hall–Kier alpha value is -1.24. The second kappa shape index (κ2) is 4.95. The van der Waals surface area contributed by atoms with Gasteiger partial charge in [-0.25, -0.2) is 0 Å². The van der Waals surface area contributed by atoms with Gasteiger partial charge in [-0.15, -0.1) is 0 Å². The first-order valence-electron chi connectivity index (χ1n) is 6.99. The van der Waals surface area contributed by atoms with Crippen LogP contribution in [0.2, 0.25) is 0 Å². The third-order valence-corrected chi connectivity index (χ3v) is 5.95. The molecule has 0 unspecified atom stereocenters. The van der Waals surface area contributed by atoms with E-state index in [1.54, 1.807) is 9.80 Å². The molecule has 4 atom stereocenters. The van der Waals surface area contributed by atoms with Crippen LogP contribution in [0.4, 0.5) is 0 Å². The predicted octanol–water partition coefficient (Wildman–Crippen LogP) is -0.432. The zero-order valence-corrected chi connectivity index (χ0v) is 12.3. The summed E-state index contributed by atoms with van der Waals surface area (Å²) in [7, 11) is 0. The molecule has 3 aliphatic heterocycles. The molecule has 2 N–H and O–H groups in total. The van der Waals surface area contributed by atoms with E-state index >= 15 is 0 Å². The van der Waals surface area contributed by atoms with Gasteiger partial charge >= 0.3 is 0 Å². The highest BCUT2D eigenvalue weighted by Crippen LogP contribution is 2.37. The van der Waals surface area contributed by atoms with Crippen LogP contribution in [0, 0.1) is 0 Å². The lowest BCUT2D eigenvalue weighted by atomic mass is 10.1. The molecule has 3 heterocycles. The fourth-order valence-electron chi connectivity index (χ4n) is 3.58. The van der Waals surface area contributed by atoms with Gasteiger partial charge in [-0.1, -0.05) is 0 Å². The Morgan fingerprint density at radius 3 is 2.75 bits per heavy atom. The van der Waals surface area contributed by atoms with Gasteiger partial charge in [0.2, 0.25) is 17.7 Å². The standard InChI is InChI=1S/C13H19N3O3S/c1-7(17)15-5-9-4-11(15)13(19)16-8(6-20-9)2-3-10(16)12(14)18/h8-11H,2-6H2,1H3,(H2,14,18)/t8-,9-,10-,11-/m0/s1. The molecular weight excluding hydrogens is 278 g/mol. The van der Waals surface area contributed by atoms with E-state index in [1.165, 1.54) is 6.92 Å². The summed E-state index contributed by atoms with van der Waals surface area (Å²) in [5.74, 6) is 0.239. The number of carbonyl (C=O) groups is 3. The average Bonchev–Trinajstić information content (AvgIpc) is 2.98. The summed E-state index contributed by atoms with van der Waals surface area (Å²) in [6.45, 7) is 2.14. The Balaban J connectivity index is 1.91. The average molecular weight is 297 g/mol. The van der Waals surface area contributed by atoms with Crippen LogP contribution in [-0.2, 0) is 14.4 Å². The zero-order valence-electron chi connectivity index (χ0n) is 11.4. The second-order valence-corrected chi connectivity index (χ2v) is 7.11. The van der Waals surface area contributed by atoms with Crippen LogP contribution in [0.5, 0.6) is 0 Å². The molecule has 3 amide bonds. The van der Waals surface area contributed by atoms with Crippen LogP contribution in [0.25, 0.3) is 0 Å². The fraction of sp³-hybridized carbons (Fsp3) is 0.769. The minimum Gasteiger partial charge on any atom is -0.368 e. The Bertz CT molecular complexity index is 458. The predicted molar refractivity (Wildman–Crippen MR) is 74.9 cm³/mol. The van der Waals surface area contributed by atoms with Crippen LogP contribution in [0.3, 0.4) is 0 Å². The van der Waals surface area contributed by atoms with Gasteiger partial charge in [-0.3, -0.25) is 14.4 Å². The van der Waals surface area contributed by atoms with E-state index in [0.717, 1.165) is 12.2 Å². The highest BCUT2D eigenvalue weighted by molar-refractivity contribution is 8.00. The molecular formula is C13H19N3O3S. The minimum absolute atomic E-state index is 0.0697. The van der Waals surface area contributed by atoms with Gasteiger partial charge in [0.1, 0.15) is 12.1 Å². The van der Waals surface area contributed by atoms with Gasteiger partial charge in [0.15, 0.2) is 0 Å². The van der Waals surface area contributed by atoms with Crippen molar-refractivity contribution < 1.29 is 14.4 Å². The molecule has 20 heavy (non-hydrogen) atoms. The highest BCUT2D eigenvalue weighted by atomic mass is 32.2. The summed E-state index contributed by atoms with van der Waals surface area (Å²) < 4.78 is 0. The van der Waals surface area contributed by atoms with Crippen LogP contribution in [0.1, 0.15) is 26.2 Å². The number of nitrogens with two attached hydrogens (primary N) is 1. The van der Waals surface area contributed by atoms with E-state index in [2.05, 4.69) is 0 Å². The lowest BCUT2D eigenvalue weighted by Gasteiger charge is -2.34. The molecule has 0 aromatic heterocycles. The molecule has 0 aromatic rings. The van der Waals surface area contributed by atoms with Gasteiger partial charge in [-0.05, 0) is 19.3 Å². The molecule has 2 bridgehead atoms. The quantitative estimate of drug-likeness (QED) is 0.712. The largest absolute Gasteiger partial charge is 0.368 e. The van der Waals surface area contributed by atoms with Crippen molar-refractivity contribution in [1.82, 2.24) is 9.80 Å². The summed E-state index contributed by atoms with van der Waals surface area (Å²) in [5, 5.41) is 0.336. The molecule has 0 saturated carbocycles. The maximum Gasteiger partial charge on any atom is 0.246 e. The third kappa shape index (κ3) is 2.08. The fourth-order valence-corrected chi connectivity index (χ4v) is 4.98. The van der Waals surface area contributed by atoms with Gasteiger partial charge < -0.3 is 15.5 Å². The normalized spacial score (nSPS) is 36.5. The number of carbonyl (C=O) groups excluding carboxylic acids is 3. The van der Waals surface area contributed by atoms with Crippen LogP contribution < -0.4 is 5.73 Å². The molecule has 0 aromatic carbocycles. The van der Waals surface area contributed by atoms with Crippen molar-refractivity contribution in [1.29, 1.82) is 0 Å². The second-order valence-electron chi connectivity index (χ2n) is 5.77. The van der Waals surface area contributed by atoms with Crippen molar-refractivity contribution in [2.75, 3.05) is 12.3 Å². The van der Waals surface area contributed by atoms with E-state index in [-0.39, 0.29) is 17.9 Å². The lowest BCUT2D eigenvalue weighted by Crippen LogP contribution is -2.55. The summed E-state index contributed by atoms with van der Waals surface area (Å²) in [4.78, 5) is 39.4. The number of amides is 3. The third-order valence-electron chi connectivity index (χ3n) is 4.56. The number of rotatable bonds is 1. The number of hydrogen-bond acceptors (Lipinski definition) is 4. The van der Waals surface area contributed by atoms with Gasteiger partial charge in [0.25, 0.3) is 0 Å². The monoisotopic (exact) mass is 297 g/mol. The van der Waals surface area contributed by atoms with Crippen molar-refractivity contribution in [3.8, 4) is 0 Å². The van der Waals surface area contributed by atoms with E-state index in [0.29, 0.717) is 24.6 Å². The van der Waals surface area contributed by atoms with Crippen molar-refractivity contribution in [3.63, 3.8) is 0 Å². The van der Waals surface area contributed by atoms with Gasteiger partial charge in [0, 0.05) is 30.5 Å². The van der Waals surface area contributed by atoms with E-state index < -0.39 is 18.0 Å². The van der Waals surface area contributed by atoms with Crippen molar-refractivity contribution >= 4 is 29.5 Å². The summed E-state index contributed by atoms with van der Waals surface area (Å²) in [6.07, 6.45) is 2.16. The summed E-state index contributed by atoms with van der Waals surface area (Å²) >= 11 is 1.81. The first-order valence-corrected chi connectivity index (χ1v) is 8.04. The maximum absolute atomic E-state index is 12.8. The molecule has 3 rings (SSSR count). The first-order chi connectivity index (χ1) is 9.49. The zero-order chi connectivity index (χ0) is 14.4. The first kappa shape index (κ1) is 13.7. The van der Waals surface area contributed by atoms with Crippen molar-refractivity contribution in [3.05, 3.63) is 0 Å². The number of fused-ring (bicyclic) bond motifs is 3. The van der Waals surface area contributed by atoms with Crippen molar-refractivity contribution in [2.24, 2.45) is 5.73 Å². The van der Waals surface area contributed by atoms with Crippen LogP contribution >= 0.6 is 11.8 Å². The molecule has 3 saturated heterocycles. The Morgan fingerprint density at radius 2 is 2.10 bits per heavy atom.